The normalized spacial score (nSPS) is 13.7. The summed E-state index contributed by atoms with van der Waals surface area (Å²) >= 11 is 0. The van der Waals surface area contributed by atoms with Gasteiger partial charge in [0.25, 0.3) is 0 Å². The Balaban J connectivity index is 5.33. The lowest BCUT2D eigenvalue weighted by Crippen LogP contribution is -2.59. The summed E-state index contributed by atoms with van der Waals surface area (Å²) in [5.74, 6) is -5.89. The molecule has 0 fully saturated rings. The molecule has 0 radical (unpaired) electrons. The van der Waals surface area contributed by atoms with Gasteiger partial charge >= 0.3 is 5.97 Å². The average molecular weight is 576 g/mol. The third kappa shape index (κ3) is 14.8. The van der Waals surface area contributed by atoms with E-state index in [4.69, 9.17) is 17.2 Å². The quantitative estimate of drug-likeness (QED) is 0.0390. The Hall–Kier alpha value is -4.03. The fourth-order valence-electron chi connectivity index (χ4n) is 3.17. The Labute approximate surface area is 230 Å². The van der Waals surface area contributed by atoms with Gasteiger partial charge in [-0.2, -0.15) is 0 Å². The van der Waals surface area contributed by atoms with E-state index in [1.54, 1.807) is 13.8 Å². The Kier molecular flexibility index (Phi) is 17.2. The first-order valence-corrected chi connectivity index (χ1v) is 12.4. The number of nitrogens with zero attached hydrogens (tertiary/aromatic N) is 1. The lowest BCUT2D eigenvalue weighted by Gasteiger charge is -2.26. The number of amides is 5. The number of nitrogens with one attached hydrogen (secondary N) is 5. The summed E-state index contributed by atoms with van der Waals surface area (Å²) in [5.41, 5.74) is 15.5. The molecule has 0 rings (SSSR count). The molecule has 0 bridgehead atoms. The number of hydrogen-bond acceptors (Lipinski definition) is 10. The number of carboxylic acids is 1. The first-order chi connectivity index (χ1) is 18.7. The Morgan fingerprint density at radius 3 is 1.75 bits per heavy atom. The molecule has 5 amide bonds. The zero-order valence-corrected chi connectivity index (χ0v) is 22.5. The molecular formula is C22H41N9O9. The second kappa shape index (κ2) is 19.1. The zero-order valence-electron chi connectivity index (χ0n) is 22.5. The molecule has 18 nitrogen and oxygen atoms in total. The first kappa shape index (κ1) is 36.0. The molecule has 40 heavy (non-hydrogen) atoms. The summed E-state index contributed by atoms with van der Waals surface area (Å²) in [4.78, 5) is 76.7. The van der Waals surface area contributed by atoms with Crippen molar-refractivity contribution >= 4 is 41.5 Å². The number of carbonyl (C=O) groups excluding carboxylic acids is 5. The van der Waals surface area contributed by atoms with Crippen LogP contribution < -0.4 is 43.8 Å². The zero-order chi connectivity index (χ0) is 30.8. The molecule has 0 aromatic heterocycles. The molecule has 0 aliphatic heterocycles. The van der Waals surface area contributed by atoms with Gasteiger partial charge in [0.05, 0.1) is 26.3 Å². The van der Waals surface area contributed by atoms with Gasteiger partial charge in [-0.3, -0.25) is 29.0 Å². The van der Waals surface area contributed by atoms with Gasteiger partial charge in [0.15, 0.2) is 5.96 Å². The van der Waals surface area contributed by atoms with Crippen molar-refractivity contribution in [3.8, 4) is 0 Å². The largest absolute Gasteiger partial charge is 0.480 e. The lowest BCUT2D eigenvalue weighted by atomic mass is 10.0. The van der Waals surface area contributed by atoms with Gasteiger partial charge in [0.2, 0.25) is 29.5 Å². The van der Waals surface area contributed by atoms with Crippen LogP contribution in [0, 0.1) is 5.92 Å². The minimum Gasteiger partial charge on any atom is -0.480 e. The van der Waals surface area contributed by atoms with Crippen molar-refractivity contribution in [2.24, 2.45) is 28.1 Å². The predicted molar refractivity (Wildman–Crippen MR) is 141 cm³/mol. The van der Waals surface area contributed by atoms with E-state index >= 15 is 0 Å². The fraction of sp³-hybridized carbons (Fsp3) is 0.682. The molecule has 0 unspecified atom stereocenters. The van der Waals surface area contributed by atoms with Crippen LogP contribution in [0.4, 0.5) is 0 Å². The van der Waals surface area contributed by atoms with Crippen molar-refractivity contribution in [2.45, 2.75) is 57.3 Å². The Morgan fingerprint density at radius 1 is 0.775 bits per heavy atom. The maximum atomic E-state index is 12.9. The highest BCUT2D eigenvalue weighted by Gasteiger charge is 2.31. The first-order valence-electron chi connectivity index (χ1n) is 12.4. The van der Waals surface area contributed by atoms with Crippen molar-refractivity contribution in [2.75, 3.05) is 32.8 Å². The van der Waals surface area contributed by atoms with Gasteiger partial charge in [-0.05, 0) is 25.2 Å². The molecule has 4 atom stereocenters. The number of aliphatic imine (C=N–C) groups is 1. The van der Waals surface area contributed by atoms with Gasteiger partial charge < -0.3 is 59.1 Å². The summed E-state index contributed by atoms with van der Waals surface area (Å²) in [6.45, 7) is 1.03. The van der Waals surface area contributed by atoms with E-state index in [0.717, 1.165) is 0 Å². The highest BCUT2D eigenvalue weighted by atomic mass is 16.4. The highest BCUT2D eigenvalue weighted by molar-refractivity contribution is 5.95. The Morgan fingerprint density at radius 2 is 1.27 bits per heavy atom. The number of carboxylic acid groups (broad SMARTS) is 1. The second-order valence-corrected chi connectivity index (χ2v) is 9.07. The second-order valence-electron chi connectivity index (χ2n) is 9.07. The number of hydrogen-bond donors (Lipinski definition) is 11. The fourth-order valence-corrected chi connectivity index (χ4v) is 3.17. The van der Waals surface area contributed by atoms with E-state index in [-0.39, 0.29) is 44.2 Å². The molecule has 0 aliphatic carbocycles. The van der Waals surface area contributed by atoms with Crippen LogP contribution in [0.1, 0.15) is 33.1 Å². The van der Waals surface area contributed by atoms with Gasteiger partial charge in [-0.25, -0.2) is 4.79 Å². The summed E-state index contributed by atoms with van der Waals surface area (Å²) < 4.78 is 0. The minimum absolute atomic E-state index is 0.0415. The van der Waals surface area contributed by atoms with Crippen LogP contribution in [0.2, 0.25) is 0 Å². The van der Waals surface area contributed by atoms with Gasteiger partial charge in [-0.1, -0.05) is 13.8 Å². The van der Waals surface area contributed by atoms with E-state index < -0.39 is 79.4 Å². The van der Waals surface area contributed by atoms with Crippen molar-refractivity contribution in [3.05, 3.63) is 0 Å². The predicted octanol–water partition coefficient (Wildman–Crippen LogP) is -5.83. The number of aliphatic hydroxyl groups is 2. The number of aliphatic carboxylic acids is 1. The van der Waals surface area contributed by atoms with Gasteiger partial charge in [-0.15, -0.1) is 0 Å². The van der Waals surface area contributed by atoms with E-state index in [9.17, 15) is 44.1 Å². The molecule has 0 saturated heterocycles. The molecular weight excluding hydrogens is 534 g/mol. The molecule has 0 aliphatic rings. The van der Waals surface area contributed by atoms with Gasteiger partial charge in [0, 0.05) is 6.54 Å². The number of aliphatic hydroxyl groups excluding tert-OH is 2. The van der Waals surface area contributed by atoms with Crippen molar-refractivity contribution in [3.63, 3.8) is 0 Å². The van der Waals surface area contributed by atoms with Crippen molar-refractivity contribution < 1.29 is 44.1 Å². The Bertz CT molecular complexity index is 910. The van der Waals surface area contributed by atoms with Crippen molar-refractivity contribution in [1.29, 1.82) is 0 Å². The van der Waals surface area contributed by atoms with Crippen LogP contribution >= 0.6 is 0 Å². The smallest absolute Gasteiger partial charge is 0.326 e. The highest BCUT2D eigenvalue weighted by Crippen LogP contribution is 2.07. The molecule has 0 heterocycles. The third-order valence-corrected chi connectivity index (χ3v) is 5.18. The maximum absolute atomic E-state index is 12.9. The van der Waals surface area contributed by atoms with Crippen LogP contribution in [0.25, 0.3) is 0 Å². The molecule has 0 saturated carbocycles. The molecule has 228 valence electrons. The summed E-state index contributed by atoms with van der Waals surface area (Å²) in [7, 11) is 0. The number of rotatable bonds is 19. The number of guanidine groups is 1. The number of nitrogens with two attached hydrogens (primary N) is 3. The topological polar surface area (TPSA) is 314 Å². The average Bonchev–Trinajstić information content (AvgIpc) is 2.89. The van der Waals surface area contributed by atoms with Crippen LogP contribution in [-0.2, 0) is 28.8 Å². The maximum Gasteiger partial charge on any atom is 0.326 e. The van der Waals surface area contributed by atoms with Crippen LogP contribution in [0.3, 0.4) is 0 Å². The van der Waals surface area contributed by atoms with Crippen LogP contribution in [0.5, 0.6) is 0 Å². The van der Waals surface area contributed by atoms with E-state index in [2.05, 4.69) is 31.6 Å². The molecule has 18 heteroatoms. The van der Waals surface area contributed by atoms with E-state index in [0.29, 0.717) is 0 Å². The van der Waals surface area contributed by atoms with E-state index in [1.165, 1.54) is 0 Å². The molecule has 0 spiro atoms. The summed E-state index contributed by atoms with van der Waals surface area (Å²) in [6, 6.07) is -5.65. The minimum atomic E-state index is -1.56. The third-order valence-electron chi connectivity index (χ3n) is 5.18. The molecule has 14 N–H and O–H groups in total. The van der Waals surface area contributed by atoms with Gasteiger partial charge in [0.1, 0.15) is 24.2 Å². The van der Waals surface area contributed by atoms with Crippen molar-refractivity contribution in [1.82, 2.24) is 26.6 Å². The summed E-state index contributed by atoms with van der Waals surface area (Å²) in [5, 5.41) is 39.9. The lowest BCUT2D eigenvalue weighted by molar-refractivity contribution is -0.142. The molecule has 0 aromatic carbocycles. The SMILES string of the molecule is CC(C)C[C@H](NC(=O)[C@H](CO)NC(=O)CNC(=O)CN)C(=O)N[C@@H](CO)C(=O)N[C@@H](CCCN=C(N)N)C(=O)O. The standard InChI is InChI=1S/C22H41N9O9/c1-11(2)6-13(30-19(37)14(9-32)28-17(35)8-27-16(34)7-23)18(36)31-15(10-33)20(38)29-12(21(39)40)4-3-5-26-22(24)25/h11-15,32-33H,3-10,23H2,1-2H3,(H,27,34)(H,28,35)(H,29,38)(H,30,37)(H,31,36)(H,39,40)(H4,24,25,26)/t12-,13-,14-,15-/m0/s1. The molecule has 0 aromatic rings. The van der Waals surface area contributed by atoms with Crippen LogP contribution in [0.15, 0.2) is 4.99 Å². The van der Waals surface area contributed by atoms with E-state index in [1.807, 2.05) is 0 Å². The number of carbonyl (C=O) groups is 6. The monoisotopic (exact) mass is 575 g/mol. The summed E-state index contributed by atoms with van der Waals surface area (Å²) in [6.07, 6.45) is 0.244. The van der Waals surface area contributed by atoms with Crippen LogP contribution in [-0.4, -0.2) is 114 Å².